The number of hydrogen-bond donors (Lipinski definition) is 2. The maximum Gasteiger partial charge on any atom is 0.271 e. The van der Waals surface area contributed by atoms with Crippen molar-refractivity contribution in [2.24, 2.45) is 5.10 Å². The lowest BCUT2D eigenvalue weighted by Crippen LogP contribution is -2.17. The number of ether oxygens (including phenoxy) is 1. The van der Waals surface area contributed by atoms with Crippen LogP contribution >= 0.6 is 0 Å². The second kappa shape index (κ2) is 10.2. The number of amides is 1. The summed E-state index contributed by atoms with van der Waals surface area (Å²) in [6.45, 7) is 0.939. The van der Waals surface area contributed by atoms with E-state index in [0.717, 1.165) is 11.1 Å². The highest BCUT2D eigenvalue weighted by atomic mass is 16.5. The minimum absolute atomic E-state index is 0.181. The van der Waals surface area contributed by atoms with E-state index in [4.69, 9.17) is 4.74 Å². The van der Waals surface area contributed by atoms with Gasteiger partial charge < -0.3 is 9.84 Å². The summed E-state index contributed by atoms with van der Waals surface area (Å²) < 4.78 is 6.10. The number of hydrogen-bond acceptors (Lipinski definition) is 4. The van der Waals surface area contributed by atoms with Gasteiger partial charge >= 0.3 is 0 Å². The van der Waals surface area contributed by atoms with E-state index in [2.05, 4.69) is 65.1 Å². The highest BCUT2D eigenvalue weighted by Gasteiger charge is 2.08. The number of aromatic hydroxyl groups is 1. The van der Waals surface area contributed by atoms with Crippen LogP contribution in [0.25, 0.3) is 21.5 Å². The van der Waals surface area contributed by atoms with Crippen LogP contribution in [0.4, 0.5) is 0 Å². The Labute approximate surface area is 203 Å². The van der Waals surface area contributed by atoms with Gasteiger partial charge in [-0.15, -0.1) is 0 Å². The molecule has 0 aliphatic rings. The van der Waals surface area contributed by atoms with Gasteiger partial charge in [0, 0.05) is 5.56 Å². The lowest BCUT2D eigenvalue weighted by Gasteiger charge is -2.12. The van der Waals surface area contributed by atoms with Gasteiger partial charge in [0.05, 0.1) is 19.4 Å². The van der Waals surface area contributed by atoms with Crippen LogP contribution in [0.1, 0.15) is 27.0 Å². The molecule has 2 N–H and O–H groups in total. The molecule has 0 saturated heterocycles. The first-order chi connectivity index (χ1) is 17.2. The normalized spacial score (nSPS) is 11.3. The maximum atomic E-state index is 12.4. The number of nitrogens with zero attached hydrogens (tertiary/aromatic N) is 1. The lowest BCUT2D eigenvalue weighted by molar-refractivity contribution is 0.0954. The topological polar surface area (TPSA) is 70.9 Å². The lowest BCUT2D eigenvalue weighted by atomic mass is 9.97. The van der Waals surface area contributed by atoms with Gasteiger partial charge in [0.1, 0.15) is 5.75 Å². The molecule has 0 saturated carbocycles. The quantitative estimate of drug-likeness (QED) is 0.173. The first kappa shape index (κ1) is 22.3. The van der Waals surface area contributed by atoms with Crippen molar-refractivity contribution in [2.45, 2.75) is 13.2 Å². The summed E-state index contributed by atoms with van der Waals surface area (Å²) in [5, 5.41) is 18.1. The Kier molecular flexibility index (Phi) is 6.50. The van der Waals surface area contributed by atoms with E-state index in [1.807, 2.05) is 12.1 Å². The molecule has 0 aliphatic heterocycles. The molecule has 0 atom stereocenters. The molecule has 0 aromatic heterocycles. The van der Waals surface area contributed by atoms with Gasteiger partial charge in [0.15, 0.2) is 0 Å². The molecular formula is C30H24N2O3. The number of nitrogens with one attached hydrogen (secondary N) is 1. The highest BCUT2D eigenvalue weighted by Crippen LogP contribution is 2.29. The third kappa shape index (κ3) is 5.21. The van der Waals surface area contributed by atoms with Crippen LogP contribution in [0, 0.1) is 0 Å². The zero-order chi connectivity index (χ0) is 24.0. The molecule has 0 aliphatic carbocycles. The van der Waals surface area contributed by atoms with Gasteiger partial charge in [-0.3, -0.25) is 4.79 Å². The molecule has 5 aromatic rings. The van der Waals surface area contributed by atoms with Crippen LogP contribution in [-0.4, -0.2) is 17.2 Å². The smallest absolute Gasteiger partial charge is 0.271 e. The number of rotatable bonds is 7. The molecule has 0 heterocycles. The molecule has 0 fully saturated rings. The standard InChI is InChI=1S/C30H24N2O3/c33-26-15-11-21(12-16-26)18-31-32-30(34)23-13-9-22(10-14-23)19-35-20-29-27-7-3-1-5-24(27)17-25-6-2-4-8-28(25)29/h1-18,33H,19-20H2,(H,32,34)/b31-18+. The van der Waals surface area contributed by atoms with E-state index < -0.39 is 0 Å². The van der Waals surface area contributed by atoms with Crippen molar-refractivity contribution in [1.82, 2.24) is 5.43 Å². The average molecular weight is 461 g/mol. The van der Waals surface area contributed by atoms with Crippen molar-refractivity contribution in [3.63, 3.8) is 0 Å². The van der Waals surface area contributed by atoms with E-state index in [0.29, 0.717) is 18.8 Å². The van der Waals surface area contributed by atoms with Gasteiger partial charge in [-0.2, -0.15) is 5.10 Å². The van der Waals surface area contributed by atoms with Gasteiger partial charge in [-0.1, -0.05) is 60.7 Å². The fourth-order valence-electron chi connectivity index (χ4n) is 4.08. The zero-order valence-electron chi connectivity index (χ0n) is 19.0. The molecule has 0 spiro atoms. The minimum atomic E-state index is -0.297. The predicted molar refractivity (Wildman–Crippen MR) is 140 cm³/mol. The van der Waals surface area contributed by atoms with Crippen LogP contribution in [0.5, 0.6) is 5.75 Å². The number of hydrazone groups is 1. The van der Waals surface area contributed by atoms with Crippen molar-refractivity contribution in [3.8, 4) is 5.75 Å². The van der Waals surface area contributed by atoms with Gasteiger partial charge in [0.2, 0.25) is 0 Å². The molecule has 0 bridgehead atoms. The van der Waals surface area contributed by atoms with Gasteiger partial charge in [0.25, 0.3) is 5.91 Å². The van der Waals surface area contributed by atoms with E-state index in [9.17, 15) is 9.90 Å². The van der Waals surface area contributed by atoms with Crippen LogP contribution < -0.4 is 5.43 Å². The Morgan fingerprint density at radius 2 is 1.43 bits per heavy atom. The Bertz CT molecular complexity index is 1450. The number of fused-ring (bicyclic) bond motifs is 2. The van der Waals surface area contributed by atoms with Crippen molar-refractivity contribution in [1.29, 1.82) is 0 Å². The molecule has 35 heavy (non-hydrogen) atoms. The monoisotopic (exact) mass is 460 g/mol. The molecule has 1 amide bonds. The fraction of sp³-hybridized carbons (Fsp3) is 0.0667. The third-order valence-corrected chi connectivity index (χ3v) is 5.89. The summed E-state index contributed by atoms with van der Waals surface area (Å²) >= 11 is 0. The molecular weight excluding hydrogens is 436 g/mol. The van der Waals surface area contributed by atoms with Crippen LogP contribution in [0.3, 0.4) is 0 Å². The molecule has 5 rings (SSSR count). The van der Waals surface area contributed by atoms with Gasteiger partial charge in [-0.25, -0.2) is 5.43 Å². The average Bonchev–Trinajstić information content (AvgIpc) is 2.89. The number of benzene rings is 5. The van der Waals surface area contributed by atoms with Gasteiger partial charge in [-0.05, 0) is 80.7 Å². The largest absolute Gasteiger partial charge is 0.508 e. The Balaban J connectivity index is 1.22. The zero-order valence-corrected chi connectivity index (χ0v) is 19.0. The third-order valence-electron chi connectivity index (χ3n) is 5.89. The Hall–Kier alpha value is -4.48. The van der Waals surface area contributed by atoms with Crippen LogP contribution in [0.2, 0.25) is 0 Å². The summed E-state index contributed by atoms with van der Waals surface area (Å²) in [6, 6.07) is 32.8. The van der Waals surface area contributed by atoms with E-state index >= 15 is 0 Å². The molecule has 5 nitrogen and oxygen atoms in total. The first-order valence-electron chi connectivity index (χ1n) is 11.4. The van der Waals surface area contributed by atoms with Crippen molar-refractivity contribution in [3.05, 3.63) is 125 Å². The Morgan fingerprint density at radius 1 is 0.800 bits per heavy atom. The number of phenolic OH excluding ortho intramolecular Hbond substituents is 1. The van der Waals surface area contributed by atoms with Crippen LogP contribution in [0.15, 0.2) is 108 Å². The number of phenols is 1. The van der Waals surface area contributed by atoms with Crippen molar-refractivity contribution >= 4 is 33.7 Å². The molecule has 172 valence electrons. The van der Waals surface area contributed by atoms with Crippen molar-refractivity contribution in [2.75, 3.05) is 0 Å². The Morgan fingerprint density at radius 3 is 2.09 bits per heavy atom. The molecule has 5 aromatic carbocycles. The van der Waals surface area contributed by atoms with Crippen LogP contribution in [-0.2, 0) is 18.0 Å². The summed E-state index contributed by atoms with van der Waals surface area (Å²) in [7, 11) is 0. The predicted octanol–water partition coefficient (Wildman–Crippen LogP) is 6.18. The SMILES string of the molecule is O=C(N/N=C/c1ccc(O)cc1)c1ccc(COCc2c3ccccc3cc3ccccc23)cc1. The van der Waals surface area contributed by atoms with E-state index in [1.54, 1.807) is 36.4 Å². The minimum Gasteiger partial charge on any atom is -0.508 e. The maximum absolute atomic E-state index is 12.4. The highest BCUT2D eigenvalue weighted by molar-refractivity contribution is 6.02. The summed E-state index contributed by atoms with van der Waals surface area (Å²) in [5.41, 5.74) is 5.97. The molecule has 0 radical (unpaired) electrons. The second-order valence-electron chi connectivity index (χ2n) is 8.28. The number of carbonyl (C=O) groups is 1. The second-order valence-corrected chi connectivity index (χ2v) is 8.28. The first-order valence-corrected chi connectivity index (χ1v) is 11.4. The van der Waals surface area contributed by atoms with Crippen molar-refractivity contribution < 1.29 is 14.6 Å². The molecule has 5 heteroatoms. The van der Waals surface area contributed by atoms with E-state index in [1.165, 1.54) is 33.3 Å². The number of carbonyl (C=O) groups excluding carboxylic acids is 1. The summed E-state index contributed by atoms with van der Waals surface area (Å²) in [4.78, 5) is 12.4. The fourth-order valence-corrected chi connectivity index (χ4v) is 4.08. The molecule has 0 unspecified atom stereocenters. The van der Waals surface area contributed by atoms with E-state index in [-0.39, 0.29) is 11.7 Å². The summed E-state index contributed by atoms with van der Waals surface area (Å²) in [6.07, 6.45) is 1.52. The summed E-state index contributed by atoms with van der Waals surface area (Å²) in [5.74, 6) is -0.115.